The van der Waals surface area contributed by atoms with Gasteiger partial charge >= 0.3 is 5.97 Å². The Hall–Kier alpha value is -2.38. The van der Waals surface area contributed by atoms with E-state index in [0.29, 0.717) is 37.6 Å². The van der Waals surface area contributed by atoms with Crippen LogP contribution in [0.3, 0.4) is 0 Å². The van der Waals surface area contributed by atoms with Crippen molar-refractivity contribution in [3.05, 3.63) is 46.6 Å². The van der Waals surface area contributed by atoms with Gasteiger partial charge in [-0.15, -0.1) is 11.3 Å². The number of amides is 1. The monoisotopic (exact) mass is 445 g/mol. The van der Waals surface area contributed by atoms with Crippen molar-refractivity contribution < 1.29 is 14.3 Å². The fourth-order valence-corrected chi connectivity index (χ4v) is 4.85. The molecule has 0 bridgehead atoms. The Balaban J connectivity index is 1.40. The third kappa shape index (κ3) is 4.52. The van der Waals surface area contributed by atoms with Crippen molar-refractivity contribution in [1.29, 1.82) is 0 Å². The molecule has 30 heavy (non-hydrogen) atoms. The second kappa shape index (κ2) is 9.18. The zero-order valence-corrected chi connectivity index (χ0v) is 18.4. The van der Waals surface area contributed by atoms with Crippen LogP contribution in [0.4, 0.5) is 0 Å². The van der Waals surface area contributed by atoms with Crippen molar-refractivity contribution in [3.63, 3.8) is 0 Å². The molecule has 3 aromatic rings. The largest absolute Gasteiger partial charge is 0.466 e. The number of esters is 1. The normalized spacial score (nSPS) is 16.7. The molecule has 1 amide bonds. The van der Waals surface area contributed by atoms with Crippen molar-refractivity contribution in [2.24, 2.45) is 5.92 Å². The quantitative estimate of drug-likeness (QED) is 0.526. The van der Waals surface area contributed by atoms with Crippen LogP contribution in [0.2, 0.25) is 5.02 Å². The number of carbonyl (C=O) groups excluding carboxylic acids is 2. The molecule has 2 aromatic heterocycles. The van der Waals surface area contributed by atoms with Crippen LogP contribution in [0, 0.1) is 5.92 Å². The highest BCUT2D eigenvalue weighted by molar-refractivity contribution is 7.15. The van der Waals surface area contributed by atoms with Gasteiger partial charge < -0.3 is 9.64 Å². The minimum Gasteiger partial charge on any atom is -0.466 e. The van der Waals surface area contributed by atoms with Gasteiger partial charge in [0.1, 0.15) is 0 Å². The molecule has 0 saturated carbocycles. The second-order valence-corrected chi connectivity index (χ2v) is 8.72. The van der Waals surface area contributed by atoms with E-state index in [1.807, 2.05) is 35.4 Å². The number of piperidine rings is 1. The van der Waals surface area contributed by atoms with Gasteiger partial charge in [0.05, 0.1) is 18.2 Å². The summed E-state index contributed by atoms with van der Waals surface area (Å²) in [5, 5.41) is 2.75. The van der Waals surface area contributed by atoms with E-state index in [-0.39, 0.29) is 17.8 Å². The van der Waals surface area contributed by atoms with Crippen LogP contribution in [0.1, 0.15) is 31.9 Å². The predicted octanol–water partition coefficient (Wildman–Crippen LogP) is 4.45. The van der Waals surface area contributed by atoms with E-state index >= 15 is 0 Å². The molecule has 158 valence electrons. The minimum absolute atomic E-state index is 0.0846. The standard InChI is InChI=1S/C22H24ClN3O3S/c1-2-29-21(28)16-4-3-11-25(12-16)20(27)10-9-18-14-30-22-24-19(13-26(18)22)15-5-7-17(23)8-6-15/h5-8,13-14,16H,2-4,9-12H2,1H3. The number of likely N-dealkylation sites (tertiary alicyclic amines) is 1. The maximum absolute atomic E-state index is 12.8. The molecule has 8 heteroatoms. The maximum Gasteiger partial charge on any atom is 0.310 e. The lowest BCUT2D eigenvalue weighted by molar-refractivity contribution is -0.151. The van der Waals surface area contributed by atoms with Gasteiger partial charge in [-0.3, -0.25) is 14.0 Å². The molecular formula is C22H24ClN3O3S. The average Bonchev–Trinajstić information content (AvgIpc) is 3.34. The van der Waals surface area contributed by atoms with E-state index in [0.717, 1.165) is 34.8 Å². The maximum atomic E-state index is 12.8. The number of fused-ring (bicyclic) bond motifs is 1. The van der Waals surface area contributed by atoms with Gasteiger partial charge in [-0.25, -0.2) is 4.98 Å². The zero-order valence-electron chi connectivity index (χ0n) is 16.8. The fraction of sp³-hybridized carbons (Fsp3) is 0.409. The number of aromatic nitrogens is 2. The summed E-state index contributed by atoms with van der Waals surface area (Å²) in [6.45, 7) is 3.35. The third-order valence-electron chi connectivity index (χ3n) is 5.41. The van der Waals surface area contributed by atoms with Gasteiger partial charge in [0.25, 0.3) is 0 Å². The average molecular weight is 446 g/mol. The first kappa shape index (κ1) is 20.9. The van der Waals surface area contributed by atoms with E-state index in [1.54, 1.807) is 18.3 Å². The summed E-state index contributed by atoms with van der Waals surface area (Å²) in [5.41, 5.74) is 2.96. The fourth-order valence-electron chi connectivity index (χ4n) is 3.82. The lowest BCUT2D eigenvalue weighted by Crippen LogP contribution is -2.42. The molecule has 6 nitrogen and oxygen atoms in total. The number of benzene rings is 1. The molecule has 0 spiro atoms. The Morgan fingerprint density at radius 2 is 2.10 bits per heavy atom. The smallest absolute Gasteiger partial charge is 0.310 e. The van der Waals surface area contributed by atoms with Crippen LogP contribution in [0.5, 0.6) is 0 Å². The van der Waals surface area contributed by atoms with Gasteiger partial charge in [0, 0.05) is 47.4 Å². The lowest BCUT2D eigenvalue weighted by Gasteiger charge is -2.31. The Kier molecular flexibility index (Phi) is 6.39. The van der Waals surface area contributed by atoms with E-state index in [2.05, 4.69) is 14.8 Å². The number of aryl methyl sites for hydroxylation is 1. The third-order valence-corrected chi connectivity index (χ3v) is 6.55. The minimum atomic E-state index is -0.203. The number of nitrogens with zero attached hydrogens (tertiary/aromatic N) is 3. The van der Waals surface area contributed by atoms with Gasteiger partial charge in [-0.05, 0) is 38.3 Å². The summed E-state index contributed by atoms with van der Waals surface area (Å²) >= 11 is 7.54. The van der Waals surface area contributed by atoms with Crippen LogP contribution in [-0.2, 0) is 20.7 Å². The Bertz CT molecular complexity index is 1040. The summed E-state index contributed by atoms with van der Waals surface area (Å²) in [5.74, 6) is -0.310. The number of carbonyl (C=O) groups is 2. The SMILES string of the molecule is CCOC(=O)C1CCCN(C(=O)CCc2csc3nc(-c4ccc(Cl)cc4)cn23)C1. The lowest BCUT2D eigenvalue weighted by atomic mass is 9.98. The van der Waals surface area contributed by atoms with E-state index in [1.165, 1.54) is 0 Å². The van der Waals surface area contributed by atoms with Crippen molar-refractivity contribution in [3.8, 4) is 11.3 Å². The molecule has 0 N–H and O–H groups in total. The number of rotatable bonds is 6. The summed E-state index contributed by atoms with van der Waals surface area (Å²) < 4.78 is 7.18. The van der Waals surface area contributed by atoms with Crippen LogP contribution in [0.15, 0.2) is 35.8 Å². The van der Waals surface area contributed by atoms with Crippen molar-refractivity contribution >= 4 is 39.8 Å². The number of halogens is 1. The number of ether oxygens (including phenoxy) is 1. The molecule has 0 radical (unpaired) electrons. The van der Waals surface area contributed by atoms with Crippen LogP contribution < -0.4 is 0 Å². The van der Waals surface area contributed by atoms with Gasteiger partial charge in [-0.1, -0.05) is 23.7 Å². The van der Waals surface area contributed by atoms with Gasteiger partial charge in [0.15, 0.2) is 4.96 Å². The summed E-state index contributed by atoms with van der Waals surface area (Å²) in [6.07, 6.45) is 4.68. The molecule has 3 heterocycles. The van der Waals surface area contributed by atoms with Crippen LogP contribution in [-0.4, -0.2) is 45.9 Å². The summed E-state index contributed by atoms with van der Waals surface area (Å²) in [7, 11) is 0. The number of hydrogen-bond donors (Lipinski definition) is 0. The van der Waals surface area contributed by atoms with E-state index in [9.17, 15) is 9.59 Å². The number of thiazole rings is 1. The summed E-state index contributed by atoms with van der Waals surface area (Å²) in [6, 6.07) is 7.61. The highest BCUT2D eigenvalue weighted by Gasteiger charge is 2.29. The van der Waals surface area contributed by atoms with Gasteiger partial charge in [-0.2, -0.15) is 0 Å². The molecule has 1 fully saturated rings. The van der Waals surface area contributed by atoms with Gasteiger partial charge in [0.2, 0.25) is 5.91 Å². The summed E-state index contributed by atoms with van der Waals surface area (Å²) in [4.78, 5) is 32.2. The first-order chi connectivity index (χ1) is 14.5. The first-order valence-electron chi connectivity index (χ1n) is 10.2. The Morgan fingerprint density at radius 1 is 1.30 bits per heavy atom. The molecule has 1 atom stereocenters. The van der Waals surface area contributed by atoms with Crippen molar-refractivity contribution in [2.75, 3.05) is 19.7 Å². The van der Waals surface area contributed by atoms with Crippen LogP contribution in [0.25, 0.3) is 16.2 Å². The zero-order chi connectivity index (χ0) is 21.1. The molecule has 1 unspecified atom stereocenters. The molecule has 4 rings (SSSR count). The first-order valence-corrected chi connectivity index (χ1v) is 11.5. The molecule has 0 aliphatic carbocycles. The molecule has 1 aromatic carbocycles. The Labute approximate surface area is 184 Å². The van der Waals surface area contributed by atoms with E-state index in [4.69, 9.17) is 16.3 Å². The van der Waals surface area contributed by atoms with Crippen molar-refractivity contribution in [2.45, 2.75) is 32.6 Å². The van der Waals surface area contributed by atoms with E-state index < -0.39 is 0 Å². The molecule has 1 aliphatic heterocycles. The second-order valence-electron chi connectivity index (χ2n) is 7.44. The number of imidazole rings is 1. The highest BCUT2D eigenvalue weighted by Crippen LogP contribution is 2.26. The molecule has 1 aliphatic rings. The molecule has 1 saturated heterocycles. The highest BCUT2D eigenvalue weighted by atomic mass is 35.5. The number of hydrogen-bond acceptors (Lipinski definition) is 5. The topological polar surface area (TPSA) is 63.9 Å². The Morgan fingerprint density at radius 3 is 2.87 bits per heavy atom. The van der Waals surface area contributed by atoms with Crippen LogP contribution >= 0.6 is 22.9 Å². The molecular weight excluding hydrogens is 422 g/mol. The predicted molar refractivity (Wildman–Crippen MR) is 118 cm³/mol. The van der Waals surface area contributed by atoms with Crippen molar-refractivity contribution in [1.82, 2.24) is 14.3 Å².